The highest BCUT2D eigenvalue weighted by atomic mass is 35.5. The maximum absolute atomic E-state index is 12.0. The van der Waals surface area contributed by atoms with Crippen LogP contribution in [0.15, 0.2) is 6.20 Å². The van der Waals surface area contributed by atoms with Gasteiger partial charge in [-0.1, -0.05) is 0 Å². The Balaban J connectivity index is 0.00000120. The Bertz CT molecular complexity index is 425. The molecule has 2 aliphatic rings. The maximum Gasteiger partial charge on any atom is 0.263 e. The Labute approximate surface area is 117 Å². The van der Waals surface area contributed by atoms with Gasteiger partial charge in [0.2, 0.25) is 0 Å². The maximum atomic E-state index is 12.0. The number of nitrogens with zero attached hydrogens (tertiary/aromatic N) is 1. The van der Waals surface area contributed by atoms with E-state index in [4.69, 9.17) is 0 Å². The molecular formula is C12H18ClN3OS. The SMILES string of the molecule is Cc1ncc(C(=O)NC2CC3CCC(C2)N3)s1.Cl. The average Bonchev–Trinajstić information content (AvgIpc) is 2.85. The molecule has 2 saturated heterocycles. The van der Waals surface area contributed by atoms with Gasteiger partial charge in [0.15, 0.2) is 0 Å². The lowest BCUT2D eigenvalue weighted by Crippen LogP contribution is -2.47. The van der Waals surface area contributed by atoms with Gasteiger partial charge in [0.05, 0.1) is 11.2 Å². The lowest BCUT2D eigenvalue weighted by Gasteiger charge is -2.29. The van der Waals surface area contributed by atoms with E-state index < -0.39 is 0 Å². The number of fused-ring (bicyclic) bond motifs is 2. The predicted molar refractivity (Wildman–Crippen MR) is 74.5 cm³/mol. The molecule has 2 fully saturated rings. The molecule has 100 valence electrons. The number of carbonyl (C=O) groups excluding carboxylic acids is 1. The van der Waals surface area contributed by atoms with Crippen molar-refractivity contribution in [3.8, 4) is 0 Å². The number of nitrogens with one attached hydrogen (secondary N) is 2. The number of aromatic nitrogens is 1. The van der Waals surface area contributed by atoms with E-state index >= 15 is 0 Å². The van der Waals surface area contributed by atoms with Crippen LogP contribution in [0.3, 0.4) is 0 Å². The van der Waals surface area contributed by atoms with Crippen molar-refractivity contribution < 1.29 is 4.79 Å². The molecule has 4 nitrogen and oxygen atoms in total. The smallest absolute Gasteiger partial charge is 0.263 e. The molecule has 6 heteroatoms. The first-order valence-electron chi connectivity index (χ1n) is 6.20. The molecule has 1 aromatic heterocycles. The Morgan fingerprint density at radius 1 is 1.44 bits per heavy atom. The van der Waals surface area contributed by atoms with E-state index in [2.05, 4.69) is 15.6 Å². The molecule has 3 rings (SSSR count). The molecule has 2 N–H and O–H groups in total. The van der Waals surface area contributed by atoms with E-state index in [1.807, 2.05) is 6.92 Å². The van der Waals surface area contributed by atoms with Crippen LogP contribution < -0.4 is 10.6 Å². The minimum atomic E-state index is 0. The van der Waals surface area contributed by atoms with E-state index in [0.717, 1.165) is 22.7 Å². The zero-order chi connectivity index (χ0) is 11.8. The average molecular weight is 288 g/mol. The molecule has 0 radical (unpaired) electrons. The lowest BCUT2D eigenvalue weighted by molar-refractivity contribution is 0.0928. The highest BCUT2D eigenvalue weighted by molar-refractivity contribution is 7.13. The van der Waals surface area contributed by atoms with E-state index in [-0.39, 0.29) is 18.3 Å². The molecule has 0 spiro atoms. The Hall–Kier alpha value is -0.650. The summed E-state index contributed by atoms with van der Waals surface area (Å²) in [5.41, 5.74) is 0. The third-order valence-electron chi connectivity index (χ3n) is 3.65. The molecule has 18 heavy (non-hydrogen) atoms. The number of carbonyl (C=O) groups is 1. The first-order valence-corrected chi connectivity index (χ1v) is 7.01. The van der Waals surface area contributed by atoms with Gasteiger partial charge < -0.3 is 10.6 Å². The van der Waals surface area contributed by atoms with Gasteiger partial charge in [0.25, 0.3) is 5.91 Å². The number of piperidine rings is 1. The fourth-order valence-corrected chi connectivity index (χ4v) is 3.58. The van der Waals surface area contributed by atoms with Crippen LogP contribution in [0.5, 0.6) is 0 Å². The molecule has 0 aliphatic carbocycles. The minimum Gasteiger partial charge on any atom is -0.348 e. The van der Waals surface area contributed by atoms with Gasteiger partial charge in [-0.05, 0) is 32.6 Å². The van der Waals surface area contributed by atoms with Gasteiger partial charge >= 0.3 is 0 Å². The second-order valence-corrected chi connectivity index (χ2v) is 6.26. The fourth-order valence-electron chi connectivity index (χ4n) is 2.90. The summed E-state index contributed by atoms with van der Waals surface area (Å²) in [6.07, 6.45) is 6.33. The molecule has 2 aliphatic heterocycles. The van der Waals surface area contributed by atoms with Crippen molar-refractivity contribution >= 4 is 29.7 Å². The van der Waals surface area contributed by atoms with Crippen molar-refractivity contribution in [3.05, 3.63) is 16.1 Å². The summed E-state index contributed by atoms with van der Waals surface area (Å²) in [6.45, 7) is 1.92. The van der Waals surface area contributed by atoms with Crippen molar-refractivity contribution in [2.75, 3.05) is 0 Å². The summed E-state index contributed by atoms with van der Waals surface area (Å²) in [7, 11) is 0. The minimum absolute atomic E-state index is 0. The van der Waals surface area contributed by atoms with Gasteiger partial charge in [-0.25, -0.2) is 4.98 Å². The van der Waals surface area contributed by atoms with Crippen LogP contribution in [0.1, 0.15) is 40.4 Å². The van der Waals surface area contributed by atoms with E-state index in [0.29, 0.717) is 18.1 Å². The van der Waals surface area contributed by atoms with Gasteiger partial charge in [-0.2, -0.15) is 0 Å². The summed E-state index contributed by atoms with van der Waals surface area (Å²) in [4.78, 5) is 16.8. The number of aryl methyl sites for hydroxylation is 1. The number of amides is 1. The quantitative estimate of drug-likeness (QED) is 0.873. The summed E-state index contributed by atoms with van der Waals surface area (Å²) in [6, 6.07) is 1.56. The zero-order valence-corrected chi connectivity index (χ0v) is 11.9. The monoisotopic (exact) mass is 287 g/mol. The second kappa shape index (κ2) is 5.55. The first-order chi connectivity index (χ1) is 8.20. The van der Waals surface area contributed by atoms with Crippen molar-refractivity contribution in [3.63, 3.8) is 0 Å². The summed E-state index contributed by atoms with van der Waals surface area (Å²) in [5, 5.41) is 7.66. The van der Waals surface area contributed by atoms with Crippen LogP contribution in [0.4, 0.5) is 0 Å². The van der Waals surface area contributed by atoms with Crippen LogP contribution >= 0.6 is 23.7 Å². The summed E-state index contributed by atoms with van der Waals surface area (Å²) >= 11 is 1.46. The van der Waals surface area contributed by atoms with Gasteiger partial charge in [-0.15, -0.1) is 23.7 Å². The largest absolute Gasteiger partial charge is 0.348 e. The standard InChI is InChI=1S/C12H17N3OS.ClH/c1-7-13-6-11(17-7)12(16)15-10-4-8-2-3-9(5-10)14-8;/h6,8-10,14H,2-5H2,1H3,(H,15,16);1H. The lowest BCUT2D eigenvalue weighted by atomic mass is 10.00. The molecule has 3 heterocycles. The van der Waals surface area contributed by atoms with E-state index in [9.17, 15) is 4.79 Å². The van der Waals surface area contributed by atoms with Crippen molar-refractivity contribution in [2.45, 2.75) is 50.7 Å². The van der Waals surface area contributed by atoms with Crippen LogP contribution in [-0.2, 0) is 0 Å². The van der Waals surface area contributed by atoms with Crippen molar-refractivity contribution in [1.29, 1.82) is 0 Å². The van der Waals surface area contributed by atoms with Crippen molar-refractivity contribution in [1.82, 2.24) is 15.6 Å². The third-order valence-corrected chi connectivity index (χ3v) is 4.56. The van der Waals surface area contributed by atoms with Crippen LogP contribution in [0, 0.1) is 6.92 Å². The van der Waals surface area contributed by atoms with E-state index in [1.165, 1.54) is 24.2 Å². The Morgan fingerprint density at radius 3 is 2.67 bits per heavy atom. The first kappa shape index (κ1) is 13.8. The molecule has 2 unspecified atom stereocenters. The van der Waals surface area contributed by atoms with Gasteiger partial charge in [-0.3, -0.25) is 4.79 Å². The molecule has 0 aromatic carbocycles. The second-order valence-electron chi connectivity index (χ2n) is 5.02. The number of hydrogen-bond acceptors (Lipinski definition) is 4. The highest BCUT2D eigenvalue weighted by Gasteiger charge is 2.34. The van der Waals surface area contributed by atoms with Crippen LogP contribution in [0.25, 0.3) is 0 Å². The molecule has 1 aromatic rings. The number of hydrogen-bond donors (Lipinski definition) is 2. The van der Waals surface area contributed by atoms with Gasteiger partial charge in [0.1, 0.15) is 4.88 Å². The Morgan fingerprint density at radius 2 is 2.11 bits per heavy atom. The number of rotatable bonds is 2. The summed E-state index contributed by atoms with van der Waals surface area (Å²) < 4.78 is 0. The van der Waals surface area contributed by atoms with Crippen LogP contribution in [-0.4, -0.2) is 29.0 Å². The molecule has 2 atom stereocenters. The third kappa shape index (κ3) is 2.84. The predicted octanol–water partition coefficient (Wildman–Crippen LogP) is 1.89. The molecule has 2 bridgehead atoms. The van der Waals surface area contributed by atoms with Crippen molar-refractivity contribution in [2.24, 2.45) is 0 Å². The molecule has 1 amide bonds. The number of halogens is 1. The fraction of sp³-hybridized carbons (Fsp3) is 0.667. The topological polar surface area (TPSA) is 54.0 Å². The van der Waals surface area contributed by atoms with Crippen LogP contribution in [0.2, 0.25) is 0 Å². The highest BCUT2D eigenvalue weighted by Crippen LogP contribution is 2.27. The van der Waals surface area contributed by atoms with E-state index in [1.54, 1.807) is 6.20 Å². The summed E-state index contributed by atoms with van der Waals surface area (Å²) in [5.74, 6) is 0.0434. The Kier molecular flexibility index (Phi) is 4.25. The molecular weight excluding hydrogens is 270 g/mol. The number of thiazole rings is 1. The normalized spacial score (nSPS) is 29.7. The zero-order valence-electron chi connectivity index (χ0n) is 10.3. The molecule has 0 saturated carbocycles. The van der Waals surface area contributed by atoms with Gasteiger partial charge in [0, 0.05) is 18.1 Å².